The number of amides is 2. The fraction of sp³-hybridized carbons (Fsp3) is 0.857. The average Bonchev–Trinajstić information content (AvgIpc) is 3.14. The van der Waals surface area contributed by atoms with Crippen LogP contribution in [0.15, 0.2) is 0 Å². The number of hydrogen-bond acceptors (Lipinski definition) is 3. The Hall–Kier alpha value is -1.10. The van der Waals surface area contributed by atoms with E-state index in [0.717, 1.165) is 19.3 Å². The Labute approximate surface area is 113 Å². The highest BCUT2D eigenvalue weighted by Crippen LogP contribution is 2.38. The van der Waals surface area contributed by atoms with Crippen molar-refractivity contribution in [2.24, 2.45) is 5.92 Å². The van der Waals surface area contributed by atoms with Gasteiger partial charge in [0.1, 0.15) is 6.04 Å². The van der Waals surface area contributed by atoms with Crippen LogP contribution in [0, 0.1) is 5.92 Å². The van der Waals surface area contributed by atoms with E-state index in [1.165, 1.54) is 0 Å². The van der Waals surface area contributed by atoms with Crippen molar-refractivity contribution in [3.63, 3.8) is 0 Å². The molecule has 2 aliphatic heterocycles. The minimum absolute atomic E-state index is 0.00270. The molecule has 0 aromatic heterocycles. The Balaban J connectivity index is 1.86. The predicted molar refractivity (Wildman–Crippen MR) is 69.4 cm³/mol. The Bertz CT molecular complexity index is 407. The topological polar surface area (TPSA) is 58.6 Å². The minimum Gasteiger partial charge on any atom is -0.376 e. The maximum Gasteiger partial charge on any atom is 0.245 e. The van der Waals surface area contributed by atoms with Gasteiger partial charge in [0.05, 0.1) is 11.6 Å². The normalized spacial score (nSPS) is 40.2. The van der Waals surface area contributed by atoms with Gasteiger partial charge in [0.15, 0.2) is 0 Å². The Morgan fingerprint density at radius 2 is 2.11 bits per heavy atom. The molecule has 1 saturated carbocycles. The molecule has 3 fully saturated rings. The van der Waals surface area contributed by atoms with Gasteiger partial charge in [-0.3, -0.25) is 9.59 Å². The van der Waals surface area contributed by atoms with Gasteiger partial charge in [-0.1, -0.05) is 0 Å². The first-order chi connectivity index (χ1) is 9.02. The first-order valence-corrected chi connectivity index (χ1v) is 7.25. The SMILES string of the molecule is CC1OCCC1(C)N1CCC(=O)NC(C2CC2)C1=O. The molecule has 3 rings (SSSR count). The molecule has 0 spiro atoms. The number of carbonyl (C=O) groups excluding carboxylic acids is 2. The molecule has 3 atom stereocenters. The van der Waals surface area contributed by atoms with Crippen LogP contribution in [0.1, 0.15) is 39.5 Å². The molecule has 2 amide bonds. The van der Waals surface area contributed by atoms with E-state index in [4.69, 9.17) is 4.74 Å². The molecule has 0 radical (unpaired) electrons. The van der Waals surface area contributed by atoms with Crippen molar-refractivity contribution in [2.75, 3.05) is 13.2 Å². The molecule has 106 valence electrons. The minimum atomic E-state index is -0.306. The van der Waals surface area contributed by atoms with Crippen LogP contribution in [0.3, 0.4) is 0 Å². The molecular formula is C14H22N2O3. The number of ether oxygens (including phenoxy) is 1. The lowest BCUT2D eigenvalue weighted by Crippen LogP contribution is -2.57. The van der Waals surface area contributed by atoms with Crippen LogP contribution in [-0.4, -0.2) is 47.6 Å². The van der Waals surface area contributed by atoms with E-state index >= 15 is 0 Å². The molecule has 5 heteroatoms. The smallest absolute Gasteiger partial charge is 0.245 e. The van der Waals surface area contributed by atoms with E-state index in [-0.39, 0.29) is 29.5 Å². The van der Waals surface area contributed by atoms with Crippen molar-refractivity contribution in [2.45, 2.75) is 57.2 Å². The lowest BCUT2D eigenvalue weighted by molar-refractivity contribution is -0.141. The van der Waals surface area contributed by atoms with Gasteiger partial charge >= 0.3 is 0 Å². The Morgan fingerprint density at radius 1 is 1.37 bits per heavy atom. The number of nitrogens with one attached hydrogen (secondary N) is 1. The second-order valence-electron chi connectivity index (χ2n) is 6.24. The summed E-state index contributed by atoms with van der Waals surface area (Å²) in [5.41, 5.74) is -0.267. The van der Waals surface area contributed by atoms with Gasteiger partial charge < -0.3 is 15.0 Å². The molecule has 2 saturated heterocycles. The van der Waals surface area contributed by atoms with Crippen LogP contribution < -0.4 is 5.32 Å². The molecule has 2 heterocycles. The fourth-order valence-corrected chi connectivity index (χ4v) is 3.23. The van der Waals surface area contributed by atoms with Crippen LogP contribution in [-0.2, 0) is 14.3 Å². The van der Waals surface area contributed by atoms with E-state index in [2.05, 4.69) is 12.2 Å². The van der Waals surface area contributed by atoms with Crippen molar-refractivity contribution >= 4 is 11.8 Å². The van der Waals surface area contributed by atoms with Crippen LogP contribution in [0.25, 0.3) is 0 Å². The summed E-state index contributed by atoms with van der Waals surface area (Å²) in [4.78, 5) is 26.5. The van der Waals surface area contributed by atoms with E-state index < -0.39 is 0 Å². The van der Waals surface area contributed by atoms with Crippen molar-refractivity contribution in [3.8, 4) is 0 Å². The van der Waals surface area contributed by atoms with Crippen LogP contribution in [0.4, 0.5) is 0 Å². The summed E-state index contributed by atoms with van der Waals surface area (Å²) >= 11 is 0. The summed E-state index contributed by atoms with van der Waals surface area (Å²) in [6.45, 7) is 5.31. The molecule has 0 aromatic carbocycles. The molecule has 19 heavy (non-hydrogen) atoms. The van der Waals surface area contributed by atoms with Crippen LogP contribution in [0.5, 0.6) is 0 Å². The maximum atomic E-state index is 12.8. The van der Waals surface area contributed by atoms with E-state index in [9.17, 15) is 9.59 Å². The monoisotopic (exact) mass is 266 g/mol. The molecule has 0 bridgehead atoms. The summed E-state index contributed by atoms with van der Waals surface area (Å²) in [6.07, 6.45) is 3.38. The zero-order valence-corrected chi connectivity index (χ0v) is 11.6. The fourth-order valence-electron chi connectivity index (χ4n) is 3.23. The predicted octanol–water partition coefficient (Wildman–Crippen LogP) is 0.681. The summed E-state index contributed by atoms with van der Waals surface area (Å²) in [6, 6.07) is -0.306. The average molecular weight is 266 g/mol. The van der Waals surface area contributed by atoms with Gasteiger partial charge in [0.25, 0.3) is 0 Å². The van der Waals surface area contributed by atoms with Gasteiger partial charge in [-0.2, -0.15) is 0 Å². The zero-order chi connectivity index (χ0) is 13.6. The number of carbonyl (C=O) groups is 2. The van der Waals surface area contributed by atoms with Gasteiger partial charge in [0.2, 0.25) is 11.8 Å². The number of hydrogen-bond donors (Lipinski definition) is 1. The second-order valence-corrected chi connectivity index (χ2v) is 6.24. The molecular weight excluding hydrogens is 244 g/mol. The van der Waals surface area contributed by atoms with Crippen molar-refractivity contribution < 1.29 is 14.3 Å². The number of rotatable bonds is 2. The maximum absolute atomic E-state index is 12.8. The Kier molecular flexibility index (Phi) is 3.04. The summed E-state index contributed by atoms with van der Waals surface area (Å²) < 4.78 is 5.65. The van der Waals surface area contributed by atoms with E-state index in [1.807, 2.05) is 11.8 Å². The second kappa shape index (κ2) is 4.47. The van der Waals surface area contributed by atoms with Gasteiger partial charge in [-0.15, -0.1) is 0 Å². The molecule has 0 aromatic rings. The van der Waals surface area contributed by atoms with Crippen LogP contribution >= 0.6 is 0 Å². The summed E-state index contributed by atoms with van der Waals surface area (Å²) in [7, 11) is 0. The third-order valence-electron chi connectivity index (χ3n) is 4.97. The molecule has 5 nitrogen and oxygen atoms in total. The largest absolute Gasteiger partial charge is 0.376 e. The Morgan fingerprint density at radius 3 is 2.68 bits per heavy atom. The van der Waals surface area contributed by atoms with Crippen molar-refractivity contribution in [1.29, 1.82) is 0 Å². The van der Waals surface area contributed by atoms with E-state index in [1.54, 1.807) is 0 Å². The van der Waals surface area contributed by atoms with Crippen molar-refractivity contribution in [3.05, 3.63) is 0 Å². The first-order valence-electron chi connectivity index (χ1n) is 7.25. The van der Waals surface area contributed by atoms with Gasteiger partial charge in [-0.25, -0.2) is 0 Å². The standard InChI is InChI=1S/C14H22N2O3/c1-9-14(2,6-8-19-9)16-7-5-11(17)15-12(13(16)18)10-3-4-10/h9-10,12H,3-8H2,1-2H3,(H,15,17). The van der Waals surface area contributed by atoms with Crippen LogP contribution in [0.2, 0.25) is 0 Å². The molecule has 1 N–H and O–H groups in total. The highest BCUT2D eigenvalue weighted by Gasteiger charge is 2.49. The lowest BCUT2D eigenvalue weighted by atomic mass is 9.91. The molecule has 3 aliphatic rings. The highest BCUT2D eigenvalue weighted by atomic mass is 16.5. The quantitative estimate of drug-likeness (QED) is 0.799. The summed E-state index contributed by atoms with van der Waals surface area (Å²) in [5, 5.41) is 2.91. The molecule has 3 unspecified atom stereocenters. The number of nitrogens with zero attached hydrogens (tertiary/aromatic N) is 1. The first kappa shape index (κ1) is 12.9. The highest BCUT2D eigenvalue weighted by molar-refractivity contribution is 5.91. The third-order valence-corrected chi connectivity index (χ3v) is 4.97. The van der Waals surface area contributed by atoms with Gasteiger partial charge in [0, 0.05) is 19.6 Å². The van der Waals surface area contributed by atoms with Gasteiger partial charge in [-0.05, 0) is 39.0 Å². The third kappa shape index (κ3) is 2.14. The lowest BCUT2D eigenvalue weighted by Gasteiger charge is -2.41. The van der Waals surface area contributed by atoms with E-state index in [0.29, 0.717) is 25.5 Å². The zero-order valence-electron chi connectivity index (χ0n) is 11.6. The molecule has 1 aliphatic carbocycles. The van der Waals surface area contributed by atoms with Crippen molar-refractivity contribution in [1.82, 2.24) is 10.2 Å². The summed E-state index contributed by atoms with van der Waals surface area (Å²) in [5.74, 6) is 0.439.